The van der Waals surface area contributed by atoms with Gasteiger partial charge in [0.05, 0.1) is 0 Å². The highest BCUT2D eigenvalue weighted by molar-refractivity contribution is 5.84. The molecule has 6 heteroatoms. The standard InChI is InChI=1S/C4H10N6/c1-3(2)5-6-4-7-9-10-8-4/h9-10H,1-2H3,(H2,6,7,8). The van der Waals surface area contributed by atoms with Gasteiger partial charge in [0, 0.05) is 5.71 Å². The molecule has 0 aromatic heterocycles. The summed E-state index contributed by atoms with van der Waals surface area (Å²) < 4.78 is 0. The highest BCUT2D eigenvalue weighted by atomic mass is 15.8. The van der Waals surface area contributed by atoms with Crippen LogP contribution in [0.5, 0.6) is 0 Å². The minimum atomic E-state index is 0.557. The molecule has 1 rings (SSSR count). The maximum absolute atomic E-state index is 3.90. The third-order valence-corrected chi connectivity index (χ3v) is 0.790. The number of hydrogen-bond acceptors (Lipinski definition) is 6. The first-order chi connectivity index (χ1) is 4.79. The lowest BCUT2D eigenvalue weighted by atomic mass is 10.5. The van der Waals surface area contributed by atoms with Crippen molar-refractivity contribution in [3.63, 3.8) is 0 Å². The fraction of sp³-hybridized carbons (Fsp3) is 0.500. The molecule has 1 aliphatic rings. The van der Waals surface area contributed by atoms with E-state index < -0.39 is 0 Å². The van der Waals surface area contributed by atoms with Gasteiger partial charge in [-0.2, -0.15) is 5.10 Å². The van der Waals surface area contributed by atoms with Crippen LogP contribution >= 0.6 is 0 Å². The molecular formula is C4H10N6. The van der Waals surface area contributed by atoms with Gasteiger partial charge in [-0.05, 0) is 13.8 Å². The lowest BCUT2D eigenvalue weighted by Crippen LogP contribution is -2.39. The Kier molecular flexibility index (Phi) is 2.06. The van der Waals surface area contributed by atoms with Crippen LogP contribution < -0.4 is 21.9 Å². The molecular weight excluding hydrogens is 132 g/mol. The smallest absolute Gasteiger partial charge is 0.251 e. The molecule has 0 unspecified atom stereocenters. The van der Waals surface area contributed by atoms with E-state index in [9.17, 15) is 0 Å². The summed E-state index contributed by atoms with van der Waals surface area (Å²) in [5.41, 5.74) is 11.4. The molecule has 6 nitrogen and oxygen atoms in total. The van der Waals surface area contributed by atoms with Crippen LogP contribution in [0.3, 0.4) is 0 Å². The SMILES string of the molecule is CC(C)=NNC1=NNNN1. The third-order valence-electron chi connectivity index (χ3n) is 0.790. The third kappa shape index (κ3) is 1.90. The van der Waals surface area contributed by atoms with Crippen LogP contribution in [0.15, 0.2) is 10.2 Å². The molecule has 0 aromatic carbocycles. The predicted molar refractivity (Wildman–Crippen MR) is 38.8 cm³/mol. The van der Waals surface area contributed by atoms with Crippen molar-refractivity contribution in [3.8, 4) is 0 Å². The van der Waals surface area contributed by atoms with Gasteiger partial charge < -0.3 is 0 Å². The van der Waals surface area contributed by atoms with Crippen molar-refractivity contribution in [2.45, 2.75) is 13.8 Å². The highest BCUT2D eigenvalue weighted by Crippen LogP contribution is 1.72. The van der Waals surface area contributed by atoms with Crippen molar-refractivity contribution in [2.24, 2.45) is 10.2 Å². The highest BCUT2D eigenvalue weighted by Gasteiger charge is 1.99. The fourth-order valence-electron chi connectivity index (χ4n) is 0.417. The Balaban J connectivity index is 2.32. The molecule has 0 aromatic rings. The Bertz CT molecular complexity index is 167. The van der Waals surface area contributed by atoms with Gasteiger partial charge >= 0.3 is 0 Å². The first-order valence-electron chi connectivity index (χ1n) is 2.89. The van der Waals surface area contributed by atoms with Crippen LogP contribution in [0.1, 0.15) is 13.8 Å². The van der Waals surface area contributed by atoms with E-state index in [4.69, 9.17) is 0 Å². The van der Waals surface area contributed by atoms with Crippen LogP contribution in [0.25, 0.3) is 0 Å². The van der Waals surface area contributed by atoms with Crippen LogP contribution in [-0.2, 0) is 0 Å². The van der Waals surface area contributed by atoms with Crippen LogP contribution in [0.4, 0.5) is 0 Å². The molecule has 0 atom stereocenters. The fourth-order valence-corrected chi connectivity index (χ4v) is 0.417. The van der Waals surface area contributed by atoms with E-state index in [2.05, 4.69) is 32.1 Å². The topological polar surface area (TPSA) is 72.8 Å². The Morgan fingerprint density at radius 3 is 2.90 bits per heavy atom. The molecule has 0 bridgehead atoms. The summed E-state index contributed by atoms with van der Waals surface area (Å²) in [5.74, 6) is 0.557. The average Bonchev–Trinajstić information content (AvgIpc) is 2.34. The molecule has 0 fully saturated rings. The molecule has 0 aliphatic carbocycles. The number of hydrogen-bond donors (Lipinski definition) is 4. The summed E-state index contributed by atoms with van der Waals surface area (Å²) in [7, 11) is 0. The molecule has 0 amide bonds. The van der Waals surface area contributed by atoms with E-state index >= 15 is 0 Å². The number of hydrazine groups is 2. The Morgan fingerprint density at radius 1 is 1.60 bits per heavy atom. The van der Waals surface area contributed by atoms with Gasteiger partial charge in [0.1, 0.15) is 0 Å². The number of hydrazone groups is 2. The molecule has 0 radical (unpaired) electrons. The van der Waals surface area contributed by atoms with E-state index in [-0.39, 0.29) is 0 Å². The maximum Gasteiger partial charge on any atom is 0.251 e. The van der Waals surface area contributed by atoms with Gasteiger partial charge in [0.15, 0.2) is 0 Å². The Labute approximate surface area is 58.7 Å². The van der Waals surface area contributed by atoms with Crippen LogP contribution in [0.2, 0.25) is 0 Å². The zero-order chi connectivity index (χ0) is 7.40. The van der Waals surface area contributed by atoms with Crippen LogP contribution in [0, 0.1) is 0 Å². The number of rotatable bonds is 1. The summed E-state index contributed by atoms with van der Waals surface area (Å²) in [5, 5.41) is 7.63. The lowest BCUT2D eigenvalue weighted by Gasteiger charge is -1.97. The molecule has 1 heterocycles. The molecule has 4 N–H and O–H groups in total. The van der Waals surface area contributed by atoms with Gasteiger partial charge in [-0.15, -0.1) is 10.6 Å². The number of guanidine groups is 1. The van der Waals surface area contributed by atoms with Crippen molar-refractivity contribution >= 4 is 11.7 Å². The predicted octanol–water partition coefficient (Wildman–Crippen LogP) is -1.14. The first-order valence-corrected chi connectivity index (χ1v) is 2.89. The van der Waals surface area contributed by atoms with Gasteiger partial charge in [0.2, 0.25) is 0 Å². The van der Waals surface area contributed by atoms with E-state index in [0.717, 1.165) is 5.71 Å². The summed E-state index contributed by atoms with van der Waals surface area (Å²) in [6, 6.07) is 0. The van der Waals surface area contributed by atoms with Gasteiger partial charge in [-0.3, -0.25) is 5.43 Å². The normalized spacial score (nSPS) is 14.8. The zero-order valence-corrected chi connectivity index (χ0v) is 5.89. The second-order valence-electron chi connectivity index (χ2n) is 1.99. The van der Waals surface area contributed by atoms with Crippen molar-refractivity contribution in [1.82, 2.24) is 21.9 Å². The van der Waals surface area contributed by atoms with E-state index in [1.165, 1.54) is 0 Å². The average molecular weight is 142 g/mol. The van der Waals surface area contributed by atoms with Crippen molar-refractivity contribution in [3.05, 3.63) is 0 Å². The minimum absolute atomic E-state index is 0.557. The molecule has 56 valence electrons. The lowest BCUT2D eigenvalue weighted by molar-refractivity contribution is 0.575. The number of nitrogens with zero attached hydrogens (tertiary/aromatic N) is 2. The summed E-state index contributed by atoms with van der Waals surface area (Å²) in [4.78, 5) is 0. The quantitative estimate of drug-likeness (QED) is 0.276. The van der Waals surface area contributed by atoms with Gasteiger partial charge in [0.25, 0.3) is 5.96 Å². The van der Waals surface area contributed by atoms with Gasteiger partial charge in [-0.25, -0.2) is 11.0 Å². The molecule has 10 heavy (non-hydrogen) atoms. The van der Waals surface area contributed by atoms with Crippen molar-refractivity contribution in [1.29, 1.82) is 0 Å². The largest absolute Gasteiger partial charge is 0.270 e. The minimum Gasteiger partial charge on any atom is -0.270 e. The van der Waals surface area contributed by atoms with Crippen molar-refractivity contribution < 1.29 is 0 Å². The monoisotopic (exact) mass is 142 g/mol. The zero-order valence-electron chi connectivity index (χ0n) is 5.89. The summed E-state index contributed by atoms with van der Waals surface area (Å²) >= 11 is 0. The van der Waals surface area contributed by atoms with E-state index in [0.29, 0.717) is 5.96 Å². The second-order valence-corrected chi connectivity index (χ2v) is 1.99. The maximum atomic E-state index is 3.90. The molecule has 1 aliphatic heterocycles. The van der Waals surface area contributed by atoms with Crippen molar-refractivity contribution in [2.75, 3.05) is 0 Å². The van der Waals surface area contributed by atoms with E-state index in [1.54, 1.807) is 0 Å². The van der Waals surface area contributed by atoms with E-state index in [1.807, 2.05) is 13.8 Å². The number of nitrogens with one attached hydrogen (secondary N) is 4. The first kappa shape index (κ1) is 6.81. The van der Waals surface area contributed by atoms with Crippen LogP contribution in [-0.4, -0.2) is 11.7 Å². The second kappa shape index (κ2) is 3.02. The molecule has 0 spiro atoms. The Hall–Kier alpha value is -1.30. The Morgan fingerprint density at radius 2 is 2.40 bits per heavy atom. The summed E-state index contributed by atoms with van der Waals surface area (Å²) in [6.45, 7) is 3.78. The molecule has 0 saturated carbocycles. The van der Waals surface area contributed by atoms with Gasteiger partial charge in [-0.1, -0.05) is 0 Å². The summed E-state index contributed by atoms with van der Waals surface area (Å²) in [6.07, 6.45) is 0. The molecule has 0 saturated heterocycles.